The van der Waals surface area contributed by atoms with Gasteiger partial charge in [0.15, 0.2) is 0 Å². The van der Waals surface area contributed by atoms with Crippen molar-refractivity contribution in [1.82, 2.24) is 24.2 Å². The molecule has 2 heterocycles. The van der Waals surface area contributed by atoms with Gasteiger partial charge in [-0.05, 0) is 56.0 Å². The molecule has 0 bridgehead atoms. The first-order valence-corrected chi connectivity index (χ1v) is 11.3. The number of hydrogen-bond acceptors (Lipinski definition) is 3. The number of aromatic nitrogens is 4. The van der Waals surface area contributed by atoms with E-state index in [2.05, 4.69) is 17.4 Å². The average molecular weight is 430 g/mol. The molecule has 164 valence electrons. The van der Waals surface area contributed by atoms with Crippen molar-refractivity contribution < 1.29 is 4.79 Å². The van der Waals surface area contributed by atoms with Gasteiger partial charge in [0.1, 0.15) is 0 Å². The topological polar surface area (TPSA) is 73.8 Å². The second-order valence-corrected chi connectivity index (χ2v) is 8.17. The molecule has 7 heteroatoms. The van der Waals surface area contributed by atoms with Crippen LogP contribution < -0.4 is 11.0 Å². The molecule has 0 spiro atoms. The van der Waals surface area contributed by atoms with Crippen molar-refractivity contribution in [3.63, 3.8) is 0 Å². The molecular weight excluding hydrogens is 402 g/mol. The van der Waals surface area contributed by atoms with Gasteiger partial charge in [-0.3, -0.25) is 13.9 Å². The maximum Gasteiger partial charge on any atom is 0.329 e. The summed E-state index contributed by atoms with van der Waals surface area (Å²) in [6, 6.07) is 17.9. The largest absolute Gasteiger partial charge is 0.350 e. The first-order valence-electron chi connectivity index (χ1n) is 11.3. The number of hydrogen-bond donors (Lipinski definition) is 1. The molecule has 4 aromatic rings. The van der Waals surface area contributed by atoms with E-state index in [1.807, 2.05) is 54.1 Å². The number of fused-ring (bicyclic) bond motifs is 2. The van der Waals surface area contributed by atoms with Crippen molar-refractivity contribution in [3.8, 4) is 5.69 Å². The van der Waals surface area contributed by atoms with Gasteiger partial charge in [-0.1, -0.05) is 30.3 Å². The SMILES string of the molecule is CCn1c(=O)n(CCC(=O)NCc2nn(-c3ccccc3)c3c2CCC3)c2ccccc21. The predicted octanol–water partition coefficient (Wildman–Crippen LogP) is 3.20. The van der Waals surface area contributed by atoms with Crippen molar-refractivity contribution in [2.45, 2.75) is 52.2 Å². The summed E-state index contributed by atoms with van der Waals surface area (Å²) in [6.07, 6.45) is 3.37. The van der Waals surface area contributed by atoms with Crippen molar-refractivity contribution in [3.05, 3.63) is 82.0 Å². The molecule has 0 saturated heterocycles. The number of rotatable bonds is 7. The molecule has 0 unspecified atom stereocenters. The summed E-state index contributed by atoms with van der Waals surface area (Å²) in [7, 11) is 0. The van der Waals surface area contributed by atoms with Gasteiger partial charge >= 0.3 is 5.69 Å². The number of imidazole rings is 1. The lowest BCUT2D eigenvalue weighted by molar-refractivity contribution is -0.121. The number of nitrogens with zero attached hydrogens (tertiary/aromatic N) is 4. The Kier molecular flexibility index (Phi) is 5.39. The van der Waals surface area contributed by atoms with E-state index in [9.17, 15) is 9.59 Å². The molecule has 2 aromatic carbocycles. The Morgan fingerprint density at radius 1 is 1.00 bits per heavy atom. The lowest BCUT2D eigenvalue weighted by atomic mass is 10.2. The molecule has 5 rings (SSSR count). The number of benzene rings is 2. The van der Waals surface area contributed by atoms with Crippen LogP contribution in [0.15, 0.2) is 59.4 Å². The minimum absolute atomic E-state index is 0.0686. The second kappa shape index (κ2) is 8.49. The second-order valence-electron chi connectivity index (χ2n) is 8.17. The summed E-state index contributed by atoms with van der Waals surface area (Å²) in [5.41, 5.74) is 6.20. The monoisotopic (exact) mass is 429 g/mol. The van der Waals surface area contributed by atoms with Crippen LogP contribution >= 0.6 is 0 Å². The standard InChI is InChI=1S/C25H27N5O2/c1-2-28-22-12-6-7-13-23(22)29(25(28)32)16-15-24(31)26-17-20-19-11-8-14-21(19)30(27-20)18-9-4-3-5-10-18/h3-7,9-10,12-13H,2,8,11,14-17H2,1H3,(H,26,31). The van der Waals surface area contributed by atoms with Crippen molar-refractivity contribution in [2.75, 3.05) is 0 Å². The Labute approximate surface area is 186 Å². The molecule has 0 atom stereocenters. The van der Waals surface area contributed by atoms with E-state index in [0.717, 1.165) is 41.7 Å². The van der Waals surface area contributed by atoms with E-state index in [1.165, 1.54) is 11.3 Å². The predicted molar refractivity (Wildman–Crippen MR) is 124 cm³/mol. The third kappa shape index (κ3) is 3.53. The molecule has 32 heavy (non-hydrogen) atoms. The minimum Gasteiger partial charge on any atom is -0.350 e. The lowest BCUT2D eigenvalue weighted by Crippen LogP contribution is -2.28. The number of amides is 1. The molecule has 1 N–H and O–H groups in total. The van der Waals surface area contributed by atoms with E-state index < -0.39 is 0 Å². The van der Waals surface area contributed by atoms with Gasteiger partial charge in [-0.15, -0.1) is 0 Å². The highest BCUT2D eigenvalue weighted by Gasteiger charge is 2.23. The maximum atomic E-state index is 12.8. The molecule has 0 radical (unpaired) electrons. The van der Waals surface area contributed by atoms with Gasteiger partial charge in [0.25, 0.3) is 0 Å². The summed E-state index contributed by atoms with van der Waals surface area (Å²) in [4.78, 5) is 25.4. The van der Waals surface area contributed by atoms with Crippen LogP contribution in [-0.2, 0) is 37.3 Å². The highest BCUT2D eigenvalue weighted by Crippen LogP contribution is 2.27. The molecule has 7 nitrogen and oxygen atoms in total. The van der Waals surface area contributed by atoms with Crippen LogP contribution in [0.3, 0.4) is 0 Å². The Morgan fingerprint density at radius 2 is 1.72 bits per heavy atom. The Balaban J connectivity index is 1.29. The fraction of sp³-hybridized carbons (Fsp3) is 0.320. The highest BCUT2D eigenvalue weighted by atomic mass is 16.2. The molecule has 1 aliphatic rings. The van der Waals surface area contributed by atoms with Crippen LogP contribution in [0.5, 0.6) is 0 Å². The molecule has 2 aromatic heterocycles. The minimum atomic E-state index is -0.0776. The number of para-hydroxylation sites is 3. The van der Waals surface area contributed by atoms with E-state index in [-0.39, 0.29) is 18.0 Å². The fourth-order valence-corrected chi connectivity index (χ4v) is 4.72. The summed E-state index contributed by atoms with van der Waals surface area (Å²) in [6.45, 7) is 3.33. The molecule has 0 aliphatic heterocycles. The van der Waals surface area contributed by atoms with E-state index in [0.29, 0.717) is 19.6 Å². The third-order valence-corrected chi connectivity index (χ3v) is 6.27. The first-order chi connectivity index (χ1) is 15.7. The summed E-state index contributed by atoms with van der Waals surface area (Å²) in [5, 5.41) is 7.82. The number of nitrogens with one attached hydrogen (secondary N) is 1. The van der Waals surface area contributed by atoms with Gasteiger partial charge in [-0.25, -0.2) is 9.48 Å². The fourth-order valence-electron chi connectivity index (χ4n) is 4.72. The summed E-state index contributed by atoms with van der Waals surface area (Å²) in [5.74, 6) is -0.0776. The summed E-state index contributed by atoms with van der Waals surface area (Å²) >= 11 is 0. The van der Waals surface area contributed by atoms with Gasteiger partial charge in [0.05, 0.1) is 29.0 Å². The van der Waals surface area contributed by atoms with Crippen LogP contribution in [0.4, 0.5) is 0 Å². The average Bonchev–Trinajstić information content (AvgIpc) is 3.49. The van der Waals surface area contributed by atoms with Gasteiger partial charge < -0.3 is 5.32 Å². The number of carbonyl (C=O) groups excluding carboxylic acids is 1. The van der Waals surface area contributed by atoms with Crippen LogP contribution in [0.1, 0.15) is 36.7 Å². The maximum absolute atomic E-state index is 12.8. The number of aryl methyl sites for hydroxylation is 2. The highest BCUT2D eigenvalue weighted by molar-refractivity contribution is 5.78. The van der Waals surface area contributed by atoms with Gasteiger partial charge in [0, 0.05) is 25.2 Å². The molecule has 0 saturated carbocycles. The Hall–Kier alpha value is -3.61. The Bertz CT molecular complexity index is 1330. The zero-order chi connectivity index (χ0) is 22.1. The molecular formula is C25H27N5O2. The van der Waals surface area contributed by atoms with Crippen LogP contribution in [-0.4, -0.2) is 24.8 Å². The normalized spacial score (nSPS) is 12.9. The van der Waals surface area contributed by atoms with Crippen LogP contribution in [0.2, 0.25) is 0 Å². The van der Waals surface area contributed by atoms with E-state index in [1.54, 1.807) is 9.13 Å². The zero-order valence-corrected chi connectivity index (χ0v) is 18.3. The van der Waals surface area contributed by atoms with Crippen molar-refractivity contribution in [2.24, 2.45) is 0 Å². The van der Waals surface area contributed by atoms with E-state index >= 15 is 0 Å². The Morgan fingerprint density at radius 3 is 2.47 bits per heavy atom. The molecule has 1 aliphatic carbocycles. The number of carbonyl (C=O) groups is 1. The van der Waals surface area contributed by atoms with Crippen LogP contribution in [0.25, 0.3) is 16.7 Å². The molecule has 0 fully saturated rings. The quantitative estimate of drug-likeness (QED) is 0.490. The lowest BCUT2D eigenvalue weighted by Gasteiger charge is -2.06. The van der Waals surface area contributed by atoms with E-state index in [4.69, 9.17) is 5.10 Å². The van der Waals surface area contributed by atoms with Crippen LogP contribution in [0, 0.1) is 0 Å². The third-order valence-electron chi connectivity index (χ3n) is 6.27. The zero-order valence-electron chi connectivity index (χ0n) is 18.3. The smallest absolute Gasteiger partial charge is 0.329 e. The summed E-state index contributed by atoms with van der Waals surface area (Å²) < 4.78 is 5.45. The van der Waals surface area contributed by atoms with Crippen molar-refractivity contribution in [1.29, 1.82) is 0 Å². The van der Waals surface area contributed by atoms with Crippen molar-refractivity contribution >= 4 is 16.9 Å². The first kappa shape index (κ1) is 20.3. The molecule has 1 amide bonds. The van der Waals surface area contributed by atoms with Gasteiger partial charge in [0.2, 0.25) is 5.91 Å². The van der Waals surface area contributed by atoms with Gasteiger partial charge in [-0.2, -0.15) is 5.10 Å².